The second-order valence-electron chi connectivity index (χ2n) is 4.66. The first-order valence-electron chi connectivity index (χ1n) is 7.38. The number of hydrogen-bond acceptors (Lipinski definition) is 3. The van der Waals surface area contributed by atoms with Crippen LogP contribution in [0.15, 0.2) is 0 Å². The number of carbonyl (C=O) groups excluding carboxylic acids is 1. The van der Waals surface area contributed by atoms with Crippen LogP contribution in [0, 0.1) is 17.8 Å². The molecule has 18 heavy (non-hydrogen) atoms. The van der Waals surface area contributed by atoms with E-state index in [1.165, 1.54) is 7.11 Å². The third kappa shape index (κ3) is 3.47. The van der Waals surface area contributed by atoms with Gasteiger partial charge in [0, 0.05) is 5.92 Å². The van der Waals surface area contributed by atoms with E-state index in [2.05, 4.69) is 13.8 Å². The molecule has 2 aliphatic rings. The Labute approximate surface area is 112 Å². The van der Waals surface area contributed by atoms with Gasteiger partial charge in [-0.05, 0) is 18.8 Å². The fraction of sp³-hybridized carbons (Fsp3) is 0.933. The maximum atomic E-state index is 11.6. The monoisotopic (exact) mass is 258 g/mol. The zero-order valence-corrected chi connectivity index (χ0v) is 13.0. The number of fused-ring (bicyclic) bond motifs is 2. The van der Waals surface area contributed by atoms with Gasteiger partial charge in [-0.3, -0.25) is 4.79 Å². The summed E-state index contributed by atoms with van der Waals surface area (Å²) >= 11 is 0. The molecule has 0 radical (unpaired) electrons. The summed E-state index contributed by atoms with van der Waals surface area (Å²) in [5.41, 5.74) is 0. The van der Waals surface area contributed by atoms with Gasteiger partial charge in [-0.25, -0.2) is 0 Å². The molecule has 0 N–H and O–H groups in total. The van der Waals surface area contributed by atoms with Crippen molar-refractivity contribution in [2.45, 2.75) is 66.6 Å². The molecule has 2 fully saturated rings. The molecule has 0 aliphatic carbocycles. The van der Waals surface area contributed by atoms with Crippen molar-refractivity contribution in [2.24, 2.45) is 17.8 Å². The minimum atomic E-state index is -0.0871. The van der Waals surface area contributed by atoms with Crippen molar-refractivity contribution in [1.82, 2.24) is 0 Å². The van der Waals surface area contributed by atoms with E-state index in [4.69, 9.17) is 9.47 Å². The molecule has 4 atom stereocenters. The first kappa shape index (κ1) is 17.4. The number of rotatable bonds is 2. The second-order valence-corrected chi connectivity index (χ2v) is 4.66. The fourth-order valence-electron chi connectivity index (χ4n) is 3.00. The first-order valence-corrected chi connectivity index (χ1v) is 7.38. The molecule has 3 nitrogen and oxygen atoms in total. The van der Waals surface area contributed by atoms with Gasteiger partial charge in [0.1, 0.15) is 0 Å². The average molecular weight is 258 g/mol. The normalized spacial score (nSPS) is 32.2. The van der Waals surface area contributed by atoms with Crippen LogP contribution in [-0.2, 0) is 14.3 Å². The van der Waals surface area contributed by atoms with Crippen LogP contribution in [0.2, 0.25) is 0 Å². The zero-order chi connectivity index (χ0) is 14.3. The summed E-state index contributed by atoms with van der Waals surface area (Å²) in [6, 6.07) is 0. The molecule has 2 heterocycles. The molecule has 2 saturated heterocycles. The molecule has 2 rings (SSSR count). The summed E-state index contributed by atoms with van der Waals surface area (Å²) < 4.78 is 10.6. The first-order chi connectivity index (χ1) is 8.65. The lowest BCUT2D eigenvalue weighted by Gasteiger charge is -2.28. The molecular weight excluding hydrogens is 228 g/mol. The Morgan fingerprint density at radius 2 is 1.61 bits per heavy atom. The zero-order valence-electron chi connectivity index (χ0n) is 13.0. The third-order valence-corrected chi connectivity index (χ3v) is 3.57. The standard InChI is InChI=1S/C11H18O3.2C2H6/c1-6(2)9-7-4-5-8(14-7)10(9)11(12)13-3;2*1-2/h6-10H,4-5H2,1-3H3;2*1-2H3. The summed E-state index contributed by atoms with van der Waals surface area (Å²) in [4.78, 5) is 11.6. The Balaban J connectivity index is 0.000000659. The van der Waals surface area contributed by atoms with E-state index in [0.717, 1.165) is 12.8 Å². The van der Waals surface area contributed by atoms with Gasteiger partial charge in [0.05, 0.1) is 25.2 Å². The van der Waals surface area contributed by atoms with E-state index in [1.807, 2.05) is 27.7 Å². The van der Waals surface area contributed by atoms with Gasteiger partial charge in [0.2, 0.25) is 0 Å². The molecule has 2 bridgehead atoms. The van der Waals surface area contributed by atoms with Gasteiger partial charge in [-0.15, -0.1) is 0 Å². The van der Waals surface area contributed by atoms with Crippen molar-refractivity contribution in [3.05, 3.63) is 0 Å². The number of hydrogen-bond donors (Lipinski definition) is 0. The highest BCUT2D eigenvalue weighted by Gasteiger charge is 2.53. The molecule has 4 unspecified atom stereocenters. The molecule has 3 heteroatoms. The Bertz CT molecular complexity index is 238. The van der Waals surface area contributed by atoms with Crippen LogP contribution >= 0.6 is 0 Å². The number of ether oxygens (including phenoxy) is 2. The molecule has 0 aromatic carbocycles. The van der Waals surface area contributed by atoms with E-state index in [-0.39, 0.29) is 18.0 Å². The lowest BCUT2D eigenvalue weighted by atomic mass is 9.73. The molecule has 0 spiro atoms. The highest BCUT2D eigenvalue weighted by Crippen LogP contribution is 2.46. The van der Waals surface area contributed by atoms with Crippen LogP contribution in [0.25, 0.3) is 0 Å². The van der Waals surface area contributed by atoms with Gasteiger partial charge in [-0.1, -0.05) is 41.5 Å². The minimum absolute atomic E-state index is 0.0150. The van der Waals surface area contributed by atoms with Crippen molar-refractivity contribution >= 4 is 5.97 Å². The summed E-state index contributed by atoms with van der Waals surface area (Å²) in [6.45, 7) is 12.3. The van der Waals surface area contributed by atoms with Crippen molar-refractivity contribution in [3.8, 4) is 0 Å². The molecule has 0 aromatic heterocycles. The Morgan fingerprint density at radius 3 is 2.06 bits per heavy atom. The van der Waals surface area contributed by atoms with Crippen molar-refractivity contribution < 1.29 is 14.3 Å². The van der Waals surface area contributed by atoms with Crippen molar-refractivity contribution in [2.75, 3.05) is 7.11 Å². The fourth-order valence-corrected chi connectivity index (χ4v) is 3.00. The van der Waals surface area contributed by atoms with Crippen LogP contribution in [0.3, 0.4) is 0 Å². The summed E-state index contributed by atoms with van der Waals surface area (Å²) in [7, 11) is 1.46. The van der Waals surface area contributed by atoms with Crippen LogP contribution in [0.4, 0.5) is 0 Å². The molecule has 0 aromatic rings. The van der Waals surface area contributed by atoms with E-state index >= 15 is 0 Å². The minimum Gasteiger partial charge on any atom is -0.469 e. The molecule has 0 saturated carbocycles. The summed E-state index contributed by atoms with van der Waals surface area (Å²) in [5.74, 6) is 0.755. The van der Waals surface area contributed by atoms with Gasteiger partial charge < -0.3 is 9.47 Å². The van der Waals surface area contributed by atoms with Crippen LogP contribution in [0.1, 0.15) is 54.4 Å². The number of methoxy groups -OCH3 is 1. The predicted molar refractivity (Wildman–Crippen MR) is 74.4 cm³/mol. The second kappa shape index (κ2) is 8.52. The van der Waals surface area contributed by atoms with E-state index in [0.29, 0.717) is 17.9 Å². The number of carbonyl (C=O) groups is 1. The maximum absolute atomic E-state index is 11.6. The smallest absolute Gasteiger partial charge is 0.311 e. The quantitative estimate of drug-likeness (QED) is 0.709. The van der Waals surface area contributed by atoms with Crippen LogP contribution < -0.4 is 0 Å². The SMILES string of the molecule is CC.CC.COC(=O)C1C2CCC(O2)C1C(C)C. The topological polar surface area (TPSA) is 35.5 Å². The maximum Gasteiger partial charge on any atom is 0.311 e. The van der Waals surface area contributed by atoms with Gasteiger partial charge >= 0.3 is 5.97 Å². The van der Waals surface area contributed by atoms with Crippen molar-refractivity contribution in [1.29, 1.82) is 0 Å². The Kier molecular flexibility index (Phi) is 8.25. The van der Waals surface area contributed by atoms with E-state index in [1.54, 1.807) is 0 Å². The molecule has 2 aliphatic heterocycles. The lowest BCUT2D eigenvalue weighted by Crippen LogP contribution is -2.37. The number of esters is 1. The lowest BCUT2D eigenvalue weighted by molar-refractivity contribution is -0.149. The molecule has 108 valence electrons. The van der Waals surface area contributed by atoms with E-state index in [9.17, 15) is 4.79 Å². The van der Waals surface area contributed by atoms with Crippen LogP contribution in [-0.4, -0.2) is 25.3 Å². The molecular formula is C15H30O3. The highest BCUT2D eigenvalue weighted by atomic mass is 16.5. The molecule has 0 amide bonds. The highest BCUT2D eigenvalue weighted by molar-refractivity contribution is 5.74. The van der Waals surface area contributed by atoms with Gasteiger partial charge in [0.25, 0.3) is 0 Å². The van der Waals surface area contributed by atoms with E-state index < -0.39 is 0 Å². The summed E-state index contributed by atoms with van der Waals surface area (Å²) in [6.07, 6.45) is 2.55. The largest absolute Gasteiger partial charge is 0.469 e. The van der Waals surface area contributed by atoms with Crippen LogP contribution in [0.5, 0.6) is 0 Å². The summed E-state index contributed by atoms with van der Waals surface area (Å²) in [5, 5.41) is 0. The van der Waals surface area contributed by atoms with Gasteiger partial charge in [0.15, 0.2) is 0 Å². The average Bonchev–Trinajstić information content (AvgIpc) is 3.02. The third-order valence-electron chi connectivity index (χ3n) is 3.57. The van der Waals surface area contributed by atoms with Gasteiger partial charge in [-0.2, -0.15) is 0 Å². The Hall–Kier alpha value is -0.570. The Morgan fingerprint density at radius 1 is 1.11 bits per heavy atom. The predicted octanol–water partition coefficient (Wildman–Crippen LogP) is 3.66. The van der Waals surface area contributed by atoms with Crippen molar-refractivity contribution in [3.63, 3.8) is 0 Å².